The maximum atomic E-state index is 16.4. The fraction of sp³-hybridized carbons (Fsp3) is 0.658. The van der Waals surface area contributed by atoms with Crippen LogP contribution in [0.1, 0.15) is 138 Å². The minimum absolute atomic E-state index is 0.00813. The third-order valence-electron chi connectivity index (χ3n) is 29.7. The lowest BCUT2D eigenvalue weighted by Crippen LogP contribution is -2.82. The van der Waals surface area contributed by atoms with Gasteiger partial charge in [0.1, 0.15) is 18.0 Å². The highest BCUT2D eigenvalue weighted by Crippen LogP contribution is 2.86. The van der Waals surface area contributed by atoms with Crippen LogP contribution in [0.2, 0.25) is 0 Å². The molecule has 6 bridgehead atoms. The highest BCUT2D eigenvalue weighted by molar-refractivity contribution is 8.76. The van der Waals surface area contributed by atoms with Gasteiger partial charge < -0.3 is 59.9 Å². The van der Waals surface area contributed by atoms with Gasteiger partial charge in [0.05, 0.1) is 41.5 Å². The SMILES string of the molecule is CNC1CSSCC2c3cc(O)ccc3C34C(CCC35C(O)C1CC1C3CC6(C(O)C7(O)OC(C(=O)Oc8c(CO)[nH]c9ccc%10cc%11ccccc%11cc%10c89)C(OC15)C37O)C1(CCCC1)CCC61CC3C=CC(OC)C5CCC3(C5)C1)CC1CCC2C14. The summed E-state index contributed by atoms with van der Waals surface area (Å²) in [5, 5.41) is 90.0. The molecule has 1 aromatic heterocycles. The van der Waals surface area contributed by atoms with E-state index in [0.717, 1.165) is 129 Å². The van der Waals surface area contributed by atoms with Crippen LogP contribution in [0.25, 0.3) is 32.4 Å². The topological polar surface area (TPSA) is 203 Å². The number of carbonyl (C=O) groups is 1. The molecule has 6 spiro atoms. The number of hydrogen-bond donors (Lipinski definition) is 8. The molecule has 15 aliphatic rings. The second kappa shape index (κ2) is 18.8. The Bertz CT molecular complexity index is 3790. The highest BCUT2D eigenvalue weighted by Gasteiger charge is 2.90. The number of hydrogen-bond acceptors (Lipinski definition) is 14. The standard InChI is InChI=1S/C73H86N2O11S2/c1-74-55-35-88-87-34-50-45-13-9-40-26-42-18-22-69(71(42,58(40)45)51-14-12-44(77)28-47(50)51)61(78)49(55)29-48-52-32-70(67(19-5-6-20-67)23-24-68(70)31-43-11-16-56(83-2)41-17-21-66(43,30-41)36-68)65(80)73(82)72(52,81)63(85-62(48)69)60(86-73)64(79)84-59-54(33-76)75-53-15-10-39-25-37-7-3-4-8-38(37)27-46(39)57(53)59/h3-4,7-8,10-12,14-16,25,27-28,40-43,45,48-50,52,55-56,58,60-63,65,74-78,80-82H,5-6,9,13,17-24,26,29-36H2,1-2H3. The van der Waals surface area contributed by atoms with Gasteiger partial charge in [0.15, 0.2) is 17.5 Å². The number of esters is 1. The second-order valence-electron chi connectivity index (χ2n) is 31.6. The summed E-state index contributed by atoms with van der Waals surface area (Å²) in [7, 11) is 7.71. The van der Waals surface area contributed by atoms with E-state index in [0.29, 0.717) is 53.6 Å². The normalized spacial score (nSPS) is 48.5. The minimum atomic E-state index is -2.69. The van der Waals surface area contributed by atoms with E-state index >= 15 is 9.90 Å². The van der Waals surface area contributed by atoms with Crippen LogP contribution < -0.4 is 10.1 Å². The average molecular weight is 1230 g/mol. The number of aliphatic hydroxyl groups is 5. The summed E-state index contributed by atoms with van der Waals surface area (Å²) in [5.74, 6) is -0.776. The summed E-state index contributed by atoms with van der Waals surface area (Å²) in [6.45, 7) is -0.466. The molecule has 3 saturated heterocycles. The summed E-state index contributed by atoms with van der Waals surface area (Å²) in [6.07, 6.45) is 14.9. The van der Waals surface area contributed by atoms with Crippen molar-refractivity contribution in [2.45, 2.75) is 188 Å². The number of phenolic OH excluding ortho intramolecular Hbond substituents is 1. The Labute approximate surface area is 522 Å². The van der Waals surface area contributed by atoms with Crippen LogP contribution in [0.15, 0.2) is 78.9 Å². The third kappa shape index (κ3) is 6.45. The zero-order valence-electron chi connectivity index (χ0n) is 50.7. The quantitative estimate of drug-likeness (QED) is 0.0357. The van der Waals surface area contributed by atoms with Crippen LogP contribution in [-0.4, -0.2) is 121 Å². The molecule has 24 unspecified atom stereocenters. The first kappa shape index (κ1) is 55.9. The number of nitrogens with one attached hydrogen (secondary N) is 2. The number of aromatic nitrogens is 1. The van der Waals surface area contributed by atoms with Crippen molar-refractivity contribution in [2.24, 2.45) is 80.3 Å². The summed E-state index contributed by atoms with van der Waals surface area (Å²) in [6, 6.07) is 22.4. The van der Waals surface area contributed by atoms with Crippen LogP contribution in [0.5, 0.6) is 11.5 Å². The number of fused-ring (bicyclic) bond motifs is 13. The maximum Gasteiger partial charge on any atom is 0.343 e. The van der Waals surface area contributed by atoms with Gasteiger partial charge in [-0.2, -0.15) is 0 Å². The molecule has 24 atom stereocenters. The van der Waals surface area contributed by atoms with E-state index in [-0.39, 0.29) is 64.1 Å². The average Bonchev–Trinajstić information content (AvgIpc) is 1.40. The van der Waals surface area contributed by atoms with E-state index < -0.39 is 88.0 Å². The Kier molecular flexibility index (Phi) is 11.9. The van der Waals surface area contributed by atoms with E-state index in [1.165, 1.54) is 11.1 Å². The van der Waals surface area contributed by atoms with Gasteiger partial charge in [-0.05, 0) is 236 Å². The first-order valence-electron chi connectivity index (χ1n) is 34.1. The maximum absolute atomic E-state index is 16.4. The number of aliphatic hydroxyl groups excluding tert-OH is 3. The van der Waals surface area contributed by atoms with Gasteiger partial charge >= 0.3 is 5.97 Å². The molecule has 0 radical (unpaired) electrons. The molecule has 9 saturated carbocycles. The van der Waals surface area contributed by atoms with E-state index in [4.69, 9.17) is 18.9 Å². The highest BCUT2D eigenvalue weighted by atomic mass is 33.1. The predicted octanol–water partition coefficient (Wildman–Crippen LogP) is 11.1. The third-order valence-corrected chi connectivity index (χ3v) is 32.2. The van der Waals surface area contributed by atoms with Gasteiger partial charge in [0, 0.05) is 52.7 Å². The Hall–Kier alpha value is -3.71. The number of H-pyrrole nitrogens is 1. The predicted molar refractivity (Wildman–Crippen MR) is 337 cm³/mol. The monoisotopic (exact) mass is 1230 g/mol. The summed E-state index contributed by atoms with van der Waals surface area (Å²) < 4.78 is 28.5. The molecule has 15 heteroatoms. The first-order chi connectivity index (χ1) is 42.7. The van der Waals surface area contributed by atoms with Crippen molar-refractivity contribution in [1.82, 2.24) is 10.3 Å². The molecule has 13 nitrogen and oxygen atoms in total. The van der Waals surface area contributed by atoms with Crippen molar-refractivity contribution >= 4 is 60.0 Å². The van der Waals surface area contributed by atoms with E-state index in [1.807, 2.05) is 66.1 Å². The Morgan fingerprint density at radius 1 is 0.807 bits per heavy atom. The number of phenols is 1. The molecule has 5 heterocycles. The Balaban J connectivity index is 0.840. The number of ether oxygens (including phenoxy) is 4. The molecule has 4 aromatic carbocycles. The van der Waals surface area contributed by atoms with Crippen molar-refractivity contribution in [3.05, 3.63) is 95.7 Å². The minimum Gasteiger partial charge on any atom is -0.508 e. The molecule has 4 aliphatic heterocycles. The van der Waals surface area contributed by atoms with Gasteiger partial charge in [-0.25, -0.2) is 4.79 Å². The van der Waals surface area contributed by atoms with Gasteiger partial charge in [0.2, 0.25) is 5.79 Å². The molecule has 88 heavy (non-hydrogen) atoms. The number of rotatable bonds is 5. The van der Waals surface area contributed by atoms with Crippen LogP contribution in [-0.2, 0) is 31.0 Å². The smallest absolute Gasteiger partial charge is 0.343 e. The van der Waals surface area contributed by atoms with E-state index in [9.17, 15) is 25.5 Å². The zero-order chi connectivity index (χ0) is 59.4. The molecule has 8 N–H and O–H groups in total. The van der Waals surface area contributed by atoms with Crippen molar-refractivity contribution in [3.63, 3.8) is 0 Å². The van der Waals surface area contributed by atoms with E-state index in [2.05, 4.69) is 58.9 Å². The summed E-state index contributed by atoms with van der Waals surface area (Å²) in [5.41, 5.74) is -2.15. The zero-order valence-corrected chi connectivity index (χ0v) is 52.3. The van der Waals surface area contributed by atoms with Crippen molar-refractivity contribution in [3.8, 4) is 11.5 Å². The largest absolute Gasteiger partial charge is 0.508 e. The number of carbonyl (C=O) groups excluding carboxylic acids is 1. The molecule has 466 valence electrons. The molecule has 5 aromatic rings. The lowest BCUT2D eigenvalue weighted by atomic mass is 9.37. The molecule has 0 amide bonds. The molecule has 11 aliphatic carbocycles. The molecular weight excluding hydrogens is 1140 g/mol. The molecule has 20 rings (SSSR count). The molecular formula is C73H86N2O11S2. The van der Waals surface area contributed by atoms with Gasteiger partial charge in [-0.3, -0.25) is 0 Å². The van der Waals surface area contributed by atoms with Crippen LogP contribution in [0.3, 0.4) is 0 Å². The number of aromatic hydroxyl groups is 1. The van der Waals surface area contributed by atoms with Gasteiger partial charge in [-0.1, -0.05) is 83.0 Å². The lowest BCUT2D eigenvalue weighted by molar-refractivity contribution is -0.409. The number of methoxy groups -OCH3 is 1. The first-order valence-corrected chi connectivity index (χ1v) is 36.5. The van der Waals surface area contributed by atoms with Crippen LogP contribution in [0, 0.1) is 80.3 Å². The second-order valence-corrected chi connectivity index (χ2v) is 34.2. The Morgan fingerprint density at radius 3 is 2.44 bits per heavy atom. The Morgan fingerprint density at radius 2 is 1.62 bits per heavy atom. The molecule has 12 fully saturated rings. The van der Waals surface area contributed by atoms with Crippen molar-refractivity contribution in [1.29, 1.82) is 0 Å². The van der Waals surface area contributed by atoms with Gasteiger partial charge in [-0.15, -0.1) is 0 Å². The number of benzene rings is 4. The van der Waals surface area contributed by atoms with Crippen LogP contribution >= 0.6 is 21.6 Å². The lowest BCUT2D eigenvalue weighted by Gasteiger charge is -2.72. The summed E-state index contributed by atoms with van der Waals surface area (Å²) >= 11 is 0. The number of aromatic amines is 1. The van der Waals surface area contributed by atoms with E-state index in [1.54, 1.807) is 0 Å². The fourth-order valence-corrected chi connectivity index (χ4v) is 29.9. The van der Waals surface area contributed by atoms with Crippen LogP contribution in [0.4, 0.5) is 0 Å². The van der Waals surface area contributed by atoms with Crippen molar-refractivity contribution in [2.75, 3.05) is 25.7 Å². The summed E-state index contributed by atoms with van der Waals surface area (Å²) in [4.78, 5) is 19.7. The van der Waals surface area contributed by atoms with Crippen molar-refractivity contribution < 1.29 is 54.4 Å². The number of allylic oxidation sites excluding steroid dienone is 1. The fourth-order valence-electron chi connectivity index (χ4n) is 27.1. The van der Waals surface area contributed by atoms with Gasteiger partial charge in [0.25, 0.3) is 0 Å².